The molecule has 12 heteroatoms. The molecule has 3 aromatic rings. The lowest BCUT2D eigenvalue weighted by molar-refractivity contribution is -0.134. The summed E-state index contributed by atoms with van der Waals surface area (Å²) in [6.45, 7) is 3.51. The summed E-state index contributed by atoms with van der Waals surface area (Å²) in [4.78, 5) is 58.6. The van der Waals surface area contributed by atoms with Crippen molar-refractivity contribution in [2.45, 2.75) is 42.4 Å². The average Bonchev–Trinajstić information content (AvgIpc) is 3.47. The van der Waals surface area contributed by atoms with Crippen LogP contribution in [-0.2, 0) is 14.4 Å². The second-order valence-corrected chi connectivity index (χ2v) is 12.3. The summed E-state index contributed by atoms with van der Waals surface area (Å²) in [5, 5.41) is -0.220. The van der Waals surface area contributed by atoms with Crippen LogP contribution in [0.3, 0.4) is 0 Å². The molecule has 0 saturated carbocycles. The van der Waals surface area contributed by atoms with Gasteiger partial charge < -0.3 is 19.4 Å². The monoisotopic (exact) mass is 597 g/mol. The third-order valence-electron chi connectivity index (χ3n) is 7.60. The summed E-state index contributed by atoms with van der Waals surface area (Å²) in [5.41, 5.74) is 0.973. The zero-order valence-electron chi connectivity index (χ0n) is 22.3. The van der Waals surface area contributed by atoms with Gasteiger partial charge in [0.25, 0.3) is 5.91 Å². The van der Waals surface area contributed by atoms with Crippen LogP contribution >= 0.6 is 23.1 Å². The molecule has 1 aromatic heterocycles. The number of rotatable bonds is 7. The summed E-state index contributed by atoms with van der Waals surface area (Å²) in [7, 11) is 0. The fraction of sp³-hybridized carbons (Fsp3) is 0.379. The van der Waals surface area contributed by atoms with Crippen molar-refractivity contribution in [2.24, 2.45) is 5.92 Å². The number of benzene rings is 2. The van der Waals surface area contributed by atoms with Crippen LogP contribution in [-0.4, -0.2) is 59.2 Å². The van der Waals surface area contributed by atoms with Gasteiger partial charge in [-0.25, -0.2) is 9.29 Å². The number of anilines is 1. The van der Waals surface area contributed by atoms with E-state index in [0.717, 1.165) is 48.6 Å². The van der Waals surface area contributed by atoms with Gasteiger partial charge in [-0.1, -0.05) is 29.2 Å². The number of fused-ring (bicyclic) bond motifs is 2. The molecule has 214 valence electrons. The molecule has 0 aliphatic carbocycles. The van der Waals surface area contributed by atoms with Crippen LogP contribution in [0.25, 0.3) is 0 Å². The molecule has 3 atom stereocenters. The van der Waals surface area contributed by atoms with E-state index in [1.807, 2.05) is 11.8 Å². The summed E-state index contributed by atoms with van der Waals surface area (Å²) >= 11 is 2.19. The summed E-state index contributed by atoms with van der Waals surface area (Å²) in [6.07, 6.45) is 3.09. The molecule has 0 bridgehead atoms. The SMILES string of the molecule is CCOc1cc([C@H]2c3sc(=O)[nH]c3SC3C(=O)N(c4ccc(F)cc4)C(=O)C32)ccc1OCC(=O)N1CCCCC1. The number of amides is 3. The Kier molecular flexibility index (Phi) is 7.60. The Bertz CT molecular complexity index is 1550. The number of aromatic nitrogens is 1. The second kappa shape index (κ2) is 11.3. The van der Waals surface area contributed by atoms with Crippen molar-refractivity contribution in [3.63, 3.8) is 0 Å². The van der Waals surface area contributed by atoms with E-state index in [-0.39, 0.29) is 17.4 Å². The highest BCUT2D eigenvalue weighted by Gasteiger charge is 2.56. The molecule has 41 heavy (non-hydrogen) atoms. The van der Waals surface area contributed by atoms with E-state index in [1.165, 1.54) is 36.0 Å². The first-order valence-corrected chi connectivity index (χ1v) is 15.3. The van der Waals surface area contributed by atoms with Crippen molar-refractivity contribution >= 4 is 46.5 Å². The normalized spacial score (nSPS) is 22.0. The van der Waals surface area contributed by atoms with Crippen molar-refractivity contribution < 1.29 is 28.2 Å². The van der Waals surface area contributed by atoms with Crippen LogP contribution in [0.2, 0.25) is 0 Å². The van der Waals surface area contributed by atoms with Gasteiger partial charge >= 0.3 is 4.87 Å². The maximum atomic E-state index is 13.9. The number of imide groups is 1. The predicted molar refractivity (Wildman–Crippen MR) is 152 cm³/mol. The molecular formula is C29H28FN3O6S2. The molecule has 2 unspecified atom stereocenters. The van der Waals surface area contributed by atoms with Crippen molar-refractivity contribution in [3.05, 3.63) is 68.4 Å². The Labute approximate surface area is 243 Å². The Morgan fingerprint density at radius 1 is 1.00 bits per heavy atom. The number of nitrogens with zero attached hydrogens (tertiary/aromatic N) is 2. The van der Waals surface area contributed by atoms with Crippen molar-refractivity contribution in [3.8, 4) is 11.5 Å². The first-order valence-electron chi connectivity index (χ1n) is 13.6. The largest absolute Gasteiger partial charge is 0.490 e. The number of carbonyl (C=O) groups excluding carboxylic acids is 3. The third kappa shape index (κ3) is 5.14. The maximum absolute atomic E-state index is 13.9. The lowest BCUT2D eigenvalue weighted by Crippen LogP contribution is -2.38. The first kappa shape index (κ1) is 27.5. The Hall–Kier alpha value is -3.64. The molecule has 3 amide bonds. The smallest absolute Gasteiger partial charge is 0.305 e. The topological polar surface area (TPSA) is 109 Å². The molecule has 0 radical (unpaired) electrons. The van der Waals surface area contributed by atoms with Crippen LogP contribution in [0.1, 0.15) is 42.5 Å². The maximum Gasteiger partial charge on any atom is 0.305 e. The molecule has 2 fully saturated rings. The molecule has 1 N–H and O–H groups in total. The molecule has 9 nitrogen and oxygen atoms in total. The average molecular weight is 598 g/mol. The van der Waals surface area contributed by atoms with Gasteiger partial charge in [0.2, 0.25) is 11.8 Å². The van der Waals surface area contributed by atoms with Crippen molar-refractivity contribution in [1.29, 1.82) is 0 Å². The fourth-order valence-corrected chi connectivity index (χ4v) is 8.22. The second-order valence-electron chi connectivity index (χ2n) is 10.1. The number of hydrogen-bond acceptors (Lipinski definition) is 8. The number of thioether (sulfide) groups is 1. The van der Waals surface area contributed by atoms with E-state index in [1.54, 1.807) is 18.2 Å². The molecule has 3 aliphatic rings. The van der Waals surface area contributed by atoms with Crippen LogP contribution in [0.15, 0.2) is 52.3 Å². The van der Waals surface area contributed by atoms with Crippen LogP contribution in [0, 0.1) is 11.7 Å². The number of carbonyl (C=O) groups is 3. The lowest BCUT2D eigenvalue weighted by Gasteiger charge is -2.30. The summed E-state index contributed by atoms with van der Waals surface area (Å²) in [5.74, 6) is -1.98. The van der Waals surface area contributed by atoms with E-state index in [2.05, 4.69) is 4.98 Å². The predicted octanol–water partition coefficient (Wildman–Crippen LogP) is 4.16. The molecule has 2 aromatic carbocycles. The summed E-state index contributed by atoms with van der Waals surface area (Å²) < 4.78 is 25.4. The zero-order valence-corrected chi connectivity index (χ0v) is 23.9. The molecule has 3 aliphatic heterocycles. The molecular weight excluding hydrogens is 569 g/mol. The van der Waals surface area contributed by atoms with Crippen molar-refractivity contribution in [1.82, 2.24) is 9.88 Å². The van der Waals surface area contributed by atoms with Gasteiger partial charge in [0.15, 0.2) is 18.1 Å². The van der Waals surface area contributed by atoms with E-state index in [9.17, 15) is 23.6 Å². The molecule has 4 heterocycles. The van der Waals surface area contributed by atoms with Crippen LogP contribution in [0.4, 0.5) is 10.1 Å². The first-order chi connectivity index (χ1) is 19.9. The van der Waals surface area contributed by atoms with Gasteiger partial charge in [0.1, 0.15) is 11.1 Å². The standard InChI is InChI=1S/C29H28FN3O6S2/c1-2-38-20-14-16(6-11-19(20)39-15-21(34)32-12-4-3-5-13-32)22-23-25(40-26-24(22)41-29(37)31-26)28(36)33(27(23)35)18-9-7-17(30)8-10-18/h6-11,14,22-23,25H,2-5,12-13,15H2,1H3,(H,31,37)/t22-,23?,25?/m1/s1. The number of H-pyrrole nitrogens is 1. The number of likely N-dealkylation sites (tertiary alicyclic amines) is 1. The van der Waals surface area contributed by atoms with Gasteiger partial charge in [0.05, 0.1) is 23.2 Å². The van der Waals surface area contributed by atoms with Crippen LogP contribution in [0.5, 0.6) is 11.5 Å². The van der Waals surface area contributed by atoms with Gasteiger partial charge in [0, 0.05) is 23.9 Å². The molecule has 6 rings (SSSR count). The number of ether oxygens (including phenoxy) is 2. The Balaban J connectivity index is 1.34. The minimum atomic E-state index is -0.793. The van der Waals surface area contributed by atoms with E-state index >= 15 is 0 Å². The zero-order chi connectivity index (χ0) is 28.7. The number of nitrogens with one attached hydrogen (secondary N) is 1. The molecule has 2 saturated heterocycles. The Morgan fingerprint density at radius 2 is 1.76 bits per heavy atom. The number of aromatic amines is 1. The lowest BCUT2D eigenvalue weighted by atomic mass is 9.83. The Morgan fingerprint density at radius 3 is 2.49 bits per heavy atom. The third-order valence-corrected chi connectivity index (χ3v) is 10.00. The highest BCUT2D eigenvalue weighted by Crippen LogP contribution is 2.53. The highest BCUT2D eigenvalue weighted by molar-refractivity contribution is 8.00. The van der Waals surface area contributed by atoms with Crippen molar-refractivity contribution in [2.75, 3.05) is 31.2 Å². The van der Waals surface area contributed by atoms with Crippen LogP contribution < -0.4 is 19.2 Å². The fourth-order valence-electron chi connectivity index (χ4n) is 5.70. The van der Waals surface area contributed by atoms with Gasteiger partial charge in [-0.05, 0) is 68.1 Å². The van der Waals surface area contributed by atoms with E-state index in [0.29, 0.717) is 39.3 Å². The van der Waals surface area contributed by atoms with Gasteiger partial charge in [-0.3, -0.25) is 19.2 Å². The number of piperidine rings is 1. The number of hydrogen-bond donors (Lipinski definition) is 1. The number of halogens is 1. The van der Waals surface area contributed by atoms with E-state index in [4.69, 9.17) is 9.47 Å². The molecule has 0 spiro atoms. The highest BCUT2D eigenvalue weighted by atomic mass is 32.2. The quantitative estimate of drug-likeness (QED) is 0.408. The van der Waals surface area contributed by atoms with E-state index < -0.39 is 34.7 Å². The van der Waals surface area contributed by atoms with Gasteiger partial charge in [-0.15, -0.1) is 0 Å². The minimum Gasteiger partial charge on any atom is -0.490 e. The minimum absolute atomic E-state index is 0.0824. The number of thiazole rings is 1. The summed E-state index contributed by atoms with van der Waals surface area (Å²) in [6, 6.07) is 10.5. The van der Waals surface area contributed by atoms with Gasteiger partial charge in [-0.2, -0.15) is 0 Å².